The average Bonchev–Trinajstić information content (AvgIpc) is 3.37. The number of fused-ring (bicyclic) bond motifs is 2. The normalized spacial score (nSPS) is 17.0. The van der Waals surface area contributed by atoms with Gasteiger partial charge in [0.15, 0.2) is 0 Å². The van der Waals surface area contributed by atoms with Gasteiger partial charge in [0.1, 0.15) is 6.04 Å². The lowest BCUT2D eigenvalue weighted by molar-refractivity contribution is -0.139. The summed E-state index contributed by atoms with van der Waals surface area (Å²) in [6.45, 7) is -0.237. The number of benzene rings is 3. The second-order valence-electron chi connectivity index (χ2n) is 10.1. The molecule has 3 aromatic rings. The van der Waals surface area contributed by atoms with Gasteiger partial charge in [-0.25, -0.2) is 18.0 Å². The fourth-order valence-corrected chi connectivity index (χ4v) is 7.53. The zero-order chi connectivity index (χ0) is 30.0. The van der Waals surface area contributed by atoms with Crippen molar-refractivity contribution >= 4 is 51.1 Å². The van der Waals surface area contributed by atoms with E-state index in [4.69, 9.17) is 23.2 Å². The van der Waals surface area contributed by atoms with Crippen molar-refractivity contribution in [2.45, 2.75) is 42.8 Å². The number of carbonyl (C=O) groups is 3. The van der Waals surface area contributed by atoms with E-state index in [1.54, 1.807) is 18.2 Å². The summed E-state index contributed by atoms with van der Waals surface area (Å²) >= 11 is 13.0. The number of sulfonamides is 1. The number of nitrogens with zero attached hydrogens (tertiary/aromatic N) is 1. The lowest BCUT2D eigenvalue weighted by Gasteiger charge is -2.29. The topological polar surface area (TPSA) is 145 Å². The molecule has 3 aromatic carbocycles. The van der Waals surface area contributed by atoms with E-state index < -0.39 is 34.0 Å². The predicted octanol–water partition coefficient (Wildman–Crippen LogP) is 3.91. The zero-order valence-corrected chi connectivity index (χ0v) is 24.6. The molecule has 13 heteroatoms. The number of nitrogens with one attached hydrogen (secondary N) is 3. The van der Waals surface area contributed by atoms with Crippen LogP contribution < -0.4 is 16.0 Å². The fraction of sp³-hybridized carbons (Fsp3) is 0.276. The van der Waals surface area contributed by atoms with Gasteiger partial charge in [-0.1, -0.05) is 65.7 Å². The van der Waals surface area contributed by atoms with Crippen molar-refractivity contribution in [3.05, 3.63) is 98.5 Å². The van der Waals surface area contributed by atoms with E-state index in [2.05, 4.69) is 16.0 Å². The van der Waals surface area contributed by atoms with E-state index >= 15 is 0 Å². The van der Waals surface area contributed by atoms with Crippen LogP contribution in [0.5, 0.6) is 0 Å². The van der Waals surface area contributed by atoms with Gasteiger partial charge in [0.2, 0.25) is 10.0 Å². The number of hydrogen-bond donors (Lipinski definition) is 4. The lowest BCUT2D eigenvalue weighted by Crippen LogP contribution is -2.50. The number of rotatable bonds is 8. The van der Waals surface area contributed by atoms with E-state index in [0.29, 0.717) is 11.1 Å². The van der Waals surface area contributed by atoms with Crippen molar-refractivity contribution in [1.29, 1.82) is 0 Å². The third-order valence-electron chi connectivity index (χ3n) is 7.49. The summed E-state index contributed by atoms with van der Waals surface area (Å²) in [6, 6.07) is 15.1. The summed E-state index contributed by atoms with van der Waals surface area (Å²) in [5.74, 6) is -2.19. The number of carboxylic acids is 1. The van der Waals surface area contributed by atoms with Crippen molar-refractivity contribution < 1.29 is 27.9 Å². The minimum Gasteiger partial charge on any atom is -0.480 e. The standard InChI is InChI=1S/C29H28Cl2N4O6S/c30-22-14-18-16-35(42(40,41)19-7-2-1-3-8-19)13-12-21(18)26(31)25(22)27(36)33-24(28(37)38)15-32-29(39)34-23-11-10-17-6-4-5-9-20(17)23/h1-9,14,23-24H,10-13,15-16H2,(H,33,36)(H,37,38)(H2,32,34,39)/t23-,24?/m1/s1. The van der Waals surface area contributed by atoms with Gasteiger partial charge in [-0.05, 0) is 59.7 Å². The monoisotopic (exact) mass is 630 g/mol. The maximum absolute atomic E-state index is 13.2. The number of carboxylic acid groups (broad SMARTS) is 1. The van der Waals surface area contributed by atoms with Crippen LogP contribution in [0.4, 0.5) is 4.79 Å². The smallest absolute Gasteiger partial charge is 0.328 e. The van der Waals surface area contributed by atoms with Crippen molar-refractivity contribution in [2.24, 2.45) is 0 Å². The zero-order valence-electron chi connectivity index (χ0n) is 22.3. The number of carbonyl (C=O) groups excluding carboxylic acids is 2. The van der Waals surface area contributed by atoms with Gasteiger partial charge in [0, 0.05) is 13.1 Å². The molecular weight excluding hydrogens is 603 g/mol. The summed E-state index contributed by atoms with van der Waals surface area (Å²) in [7, 11) is -3.76. The van der Waals surface area contributed by atoms with Crippen LogP contribution in [0.2, 0.25) is 10.0 Å². The molecule has 2 atom stereocenters. The van der Waals surface area contributed by atoms with E-state index in [1.165, 1.54) is 22.5 Å². The molecule has 1 unspecified atom stereocenters. The summed E-state index contributed by atoms with van der Waals surface area (Å²) in [5.41, 5.74) is 3.17. The maximum Gasteiger partial charge on any atom is 0.328 e. The van der Waals surface area contributed by atoms with Crippen LogP contribution in [0.3, 0.4) is 0 Å². The summed E-state index contributed by atoms with van der Waals surface area (Å²) in [5, 5.41) is 17.4. The Balaban J connectivity index is 1.25. The molecule has 42 heavy (non-hydrogen) atoms. The molecule has 0 saturated carbocycles. The molecule has 220 valence electrons. The molecule has 1 heterocycles. The van der Waals surface area contributed by atoms with Crippen LogP contribution in [0.25, 0.3) is 0 Å². The summed E-state index contributed by atoms with van der Waals surface area (Å²) in [4.78, 5) is 37.8. The first-order valence-corrected chi connectivity index (χ1v) is 15.5. The number of halogens is 2. The Morgan fingerprint density at radius 2 is 1.71 bits per heavy atom. The Labute approximate surface area is 253 Å². The molecule has 0 bridgehead atoms. The SMILES string of the molecule is O=C(NCC(NC(=O)c1c(Cl)cc2c(c1Cl)CCN(S(=O)(=O)c1ccccc1)C2)C(=O)O)N[C@@H]1CCc2ccccc21. The van der Waals surface area contributed by atoms with Gasteiger partial charge >= 0.3 is 12.0 Å². The summed E-state index contributed by atoms with van der Waals surface area (Å²) in [6.07, 6.45) is 1.79. The highest BCUT2D eigenvalue weighted by Crippen LogP contribution is 2.36. The van der Waals surface area contributed by atoms with Crippen molar-refractivity contribution in [3.8, 4) is 0 Å². The Hall–Kier alpha value is -3.64. The average molecular weight is 632 g/mol. The second kappa shape index (κ2) is 12.3. The van der Waals surface area contributed by atoms with Crippen molar-refractivity contribution in [2.75, 3.05) is 13.1 Å². The fourth-order valence-electron chi connectivity index (χ4n) is 5.32. The quantitative estimate of drug-likeness (QED) is 0.297. The highest BCUT2D eigenvalue weighted by molar-refractivity contribution is 7.89. The van der Waals surface area contributed by atoms with E-state index in [-0.39, 0.29) is 52.6 Å². The molecule has 10 nitrogen and oxygen atoms in total. The molecule has 5 rings (SSSR count). The molecule has 3 amide bonds. The Kier molecular flexibility index (Phi) is 8.74. The molecule has 0 fully saturated rings. The predicted molar refractivity (Wildman–Crippen MR) is 157 cm³/mol. The molecule has 0 radical (unpaired) electrons. The van der Waals surface area contributed by atoms with Crippen LogP contribution in [0.15, 0.2) is 65.6 Å². The van der Waals surface area contributed by atoms with Gasteiger partial charge < -0.3 is 21.1 Å². The van der Waals surface area contributed by atoms with Gasteiger partial charge in [-0.2, -0.15) is 4.31 Å². The van der Waals surface area contributed by atoms with E-state index in [1.807, 2.05) is 24.3 Å². The van der Waals surface area contributed by atoms with E-state index in [9.17, 15) is 27.9 Å². The van der Waals surface area contributed by atoms with Gasteiger partial charge in [0.25, 0.3) is 5.91 Å². The molecule has 0 saturated heterocycles. The number of urea groups is 1. The van der Waals surface area contributed by atoms with Crippen LogP contribution >= 0.6 is 23.2 Å². The molecule has 1 aliphatic heterocycles. The molecular formula is C29H28Cl2N4O6S. The van der Waals surface area contributed by atoms with Crippen molar-refractivity contribution in [1.82, 2.24) is 20.3 Å². The van der Waals surface area contributed by atoms with Gasteiger partial charge in [-0.3, -0.25) is 4.79 Å². The lowest BCUT2D eigenvalue weighted by atomic mass is 9.97. The molecule has 1 aliphatic carbocycles. The Morgan fingerprint density at radius 1 is 1.00 bits per heavy atom. The van der Waals surface area contributed by atoms with Gasteiger partial charge in [0.05, 0.1) is 33.1 Å². The second-order valence-corrected chi connectivity index (χ2v) is 12.8. The van der Waals surface area contributed by atoms with Crippen LogP contribution in [0.1, 0.15) is 45.1 Å². The molecule has 2 aliphatic rings. The first-order chi connectivity index (χ1) is 20.1. The third-order valence-corrected chi connectivity index (χ3v) is 10.1. The Bertz CT molecular complexity index is 1650. The number of hydrogen-bond acceptors (Lipinski definition) is 5. The van der Waals surface area contributed by atoms with Gasteiger partial charge in [-0.15, -0.1) is 0 Å². The molecule has 0 spiro atoms. The largest absolute Gasteiger partial charge is 0.480 e. The minimum absolute atomic E-state index is 0.0101. The highest BCUT2D eigenvalue weighted by atomic mass is 35.5. The molecule has 0 aromatic heterocycles. The summed E-state index contributed by atoms with van der Waals surface area (Å²) < 4.78 is 27.5. The highest BCUT2D eigenvalue weighted by Gasteiger charge is 2.32. The van der Waals surface area contributed by atoms with E-state index in [0.717, 1.165) is 24.0 Å². The minimum atomic E-state index is -3.76. The van der Waals surface area contributed by atoms with Crippen LogP contribution in [-0.2, 0) is 34.2 Å². The maximum atomic E-state index is 13.2. The number of aliphatic carboxylic acids is 1. The first-order valence-electron chi connectivity index (χ1n) is 13.3. The van der Waals surface area contributed by atoms with Crippen LogP contribution in [0, 0.1) is 0 Å². The van der Waals surface area contributed by atoms with Crippen molar-refractivity contribution in [3.63, 3.8) is 0 Å². The first kappa shape index (κ1) is 29.8. The number of aryl methyl sites for hydroxylation is 1. The third kappa shape index (κ3) is 6.10. The molecule has 4 N–H and O–H groups in total. The number of amides is 3. The Morgan fingerprint density at radius 3 is 2.45 bits per heavy atom. The van der Waals surface area contributed by atoms with Crippen LogP contribution in [-0.4, -0.2) is 54.9 Å².